The van der Waals surface area contributed by atoms with Gasteiger partial charge in [0.1, 0.15) is 0 Å². The van der Waals surface area contributed by atoms with Crippen LogP contribution in [0, 0.1) is 11.3 Å². The van der Waals surface area contributed by atoms with Crippen molar-refractivity contribution in [1.82, 2.24) is 5.43 Å². The highest BCUT2D eigenvalue weighted by Gasteiger charge is 2.30. The van der Waals surface area contributed by atoms with Gasteiger partial charge in [-0.25, -0.2) is 0 Å². The molecule has 0 saturated heterocycles. The molecule has 1 amide bonds. The Bertz CT molecular complexity index is 492. The lowest BCUT2D eigenvalue weighted by Crippen LogP contribution is -2.33. The maximum atomic E-state index is 12.6. The van der Waals surface area contributed by atoms with Crippen molar-refractivity contribution in [1.29, 1.82) is 0 Å². The molecule has 0 radical (unpaired) electrons. The Hall–Kier alpha value is -1.72. The van der Waals surface area contributed by atoms with Gasteiger partial charge in [0.15, 0.2) is 0 Å². The Kier molecular flexibility index (Phi) is 5.25. The van der Waals surface area contributed by atoms with Crippen molar-refractivity contribution in [2.24, 2.45) is 11.3 Å². The average molecular weight is 302 g/mol. The minimum absolute atomic E-state index is 0.00641. The van der Waals surface area contributed by atoms with Crippen LogP contribution < -0.4 is 10.9 Å². The zero-order valence-electron chi connectivity index (χ0n) is 12.6. The number of halogens is 3. The molecule has 0 fully saturated rings. The summed E-state index contributed by atoms with van der Waals surface area (Å²) in [6.45, 7) is 8.06. The lowest BCUT2D eigenvalue weighted by molar-refractivity contribution is -0.137. The first kappa shape index (κ1) is 17.3. The molecule has 0 heterocycles. The number of hydrogen-bond donors (Lipinski definition) is 2. The first-order chi connectivity index (χ1) is 9.50. The van der Waals surface area contributed by atoms with Gasteiger partial charge in [-0.3, -0.25) is 15.6 Å². The van der Waals surface area contributed by atoms with Crippen LogP contribution in [0.2, 0.25) is 0 Å². The van der Waals surface area contributed by atoms with Crippen LogP contribution in [0.4, 0.5) is 18.9 Å². The van der Waals surface area contributed by atoms with Crippen LogP contribution in [0.25, 0.3) is 0 Å². The maximum absolute atomic E-state index is 12.6. The molecule has 0 spiro atoms. The second-order valence-electron chi connectivity index (χ2n) is 6.22. The Morgan fingerprint density at radius 3 is 2.38 bits per heavy atom. The summed E-state index contributed by atoms with van der Waals surface area (Å²) < 4.78 is 37.7. The second-order valence-corrected chi connectivity index (χ2v) is 6.22. The summed E-state index contributed by atoms with van der Waals surface area (Å²) in [6.07, 6.45) is -4.10. The molecular formula is C15H21F3N2O. The summed E-state index contributed by atoms with van der Waals surface area (Å²) in [5, 5.41) is 0. The Balaban J connectivity index is 2.58. The van der Waals surface area contributed by atoms with E-state index in [1.807, 2.05) is 27.7 Å². The monoisotopic (exact) mass is 302 g/mol. The lowest BCUT2D eigenvalue weighted by atomic mass is 9.80. The van der Waals surface area contributed by atoms with Gasteiger partial charge in [0.05, 0.1) is 11.3 Å². The fraction of sp³-hybridized carbons (Fsp3) is 0.533. The summed E-state index contributed by atoms with van der Waals surface area (Å²) in [7, 11) is 0. The number of amides is 1. The van der Waals surface area contributed by atoms with E-state index in [4.69, 9.17) is 0 Å². The number of carbonyl (C=O) groups excluding carboxylic acids is 1. The number of benzene rings is 1. The van der Waals surface area contributed by atoms with Crippen LogP contribution in [-0.2, 0) is 11.0 Å². The van der Waals surface area contributed by atoms with Crippen LogP contribution in [0.3, 0.4) is 0 Å². The first-order valence-corrected chi connectivity index (χ1v) is 6.72. The van der Waals surface area contributed by atoms with Crippen molar-refractivity contribution >= 4 is 11.6 Å². The first-order valence-electron chi connectivity index (χ1n) is 6.72. The standard InChI is InChI=1S/C15H21F3N2O/c1-10(14(2,3)4)8-13(21)20-19-12-7-5-6-11(9-12)15(16,17)18/h5-7,9-10,19H,8H2,1-4H3,(H,20,21). The molecule has 1 aromatic rings. The van der Waals surface area contributed by atoms with E-state index in [9.17, 15) is 18.0 Å². The normalized spacial score (nSPS) is 13.7. The molecule has 0 aliphatic rings. The van der Waals surface area contributed by atoms with Gasteiger partial charge < -0.3 is 0 Å². The molecule has 6 heteroatoms. The molecule has 21 heavy (non-hydrogen) atoms. The van der Waals surface area contributed by atoms with E-state index >= 15 is 0 Å². The van der Waals surface area contributed by atoms with Crippen LogP contribution >= 0.6 is 0 Å². The maximum Gasteiger partial charge on any atom is 0.416 e. The van der Waals surface area contributed by atoms with Crippen molar-refractivity contribution in [2.45, 2.75) is 40.3 Å². The highest BCUT2D eigenvalue weighted by Crippen LogP contribution is 2.30. The molecule has 0 aliphatic heterocycles. The lowest BCUT2D eigenvalue weighted by Gasteiger charge is -2.26. The predicted molar refractivity (Wildman–Crippen MR) is 76.4 cm³/mol. The fourth-order valence-corrected chi connectivity index (χ4v) is 1.55. The molecule has 3 nitrogen and oxygen atoms in total. The van der Waals surface area contributed by atoms with E-state index in [0.29, 0.717) is 6.42 Å². The van der Waals surface area contributed by atoms with E-state index in [1.54, 1.807) is 0 Å². The van der Waals surface area contributed by atoms with Gasteiger partial charge in [0.25, 0.3) is 0 Å². The van der Waals surface area contributed by atoms with Crippen LogP contribution in [0.5, 0.6) is 0 Å². The van der Waals surface area contributed by atoms with Gasteiger partial charge in [0, 0.05) is 6.42 Å². The summed E-state index contributed by atoms with van der Waals surface area (Å²) in [5.41, 5.74) is 4.37. The highest BCUT2D eigenvalue weighted by atomic mass is 19.4. The fourth-order valence-electron chi connectivity index (χ4n) is 1.55. The third kappa shape index (κ3) is 5.65. The number of nitrogens with one attached hydrogen (secondary N) is 2. The number of rotatable bonds is 4. The quantitative estimate of drug-likeness (QED) is 0.818. The van der Waals surface area contributed by atoms with Crippen molar-refractivity contribution < 1.29 is 18.0 Å². The summed E-state index contributed by atoms with van der Waals surface area (Å²) in [4.78, 5) is 11.8. The smallest absolute Gasteiger partial charge is 0.299 e. The van der Waals surface area contributed by atoms with Crippen molar-refractivity contribution in [3.05, 3.63) is 29.8 Å². The van der Waals surface area contributed by atoms with Crippen molar-refractivity contribution in [3.63, 3.8) is 0 Å². The van der Waals surface area contributed by atoms with Gasteiger partial charge in [-0.15, -0.1) is 0 Å². The van der Waals surface area contributed by atoms with E-state index < -0.39 is 11.7 Å². The Morgan fingerprint density at radius 1 is 1.24 bits per heavy atom. The molecule has 1 unspecified atom stereocenters. The van der Waals surface area contributed by atoms with Gasteiger partial charge >= 0.3 is 6.18 Å². The van der Waals surface area contributed by atoms with E-state index in [1.165, 1.54) is 12.1 Å². The summed E-state index contributed by atoms with van der Waals surface area (Å²) in [5.74, 6) is -0.101. The molecule has 1 atom stereocenters. The van der Waals surface area contributed by atoms with Crippen LogP contribution in [0.15, 0.2) is 24.3 Å². The number of carbonyl (C=O) groups is 1. The number of anilines is 1. The zero-order valence-corrected chi connectivity index (χ0v) is 12.6. The molecule has 0 bridgehead atoms. The summed E-state index contributed by atoms with van der Waals surface area (Å²) >= 11 is 0. The number of alkyl halides is 3. The van der Waals surface area contributed by atoms with Gasteiger partial charge in [0.2, 0.25) is 5.91 Å². The highest BCUT2D eigenvalue weighted by molar-refractivity contribution is 5.77. The van der Waals surface area contributed by atoms with Crippen LogP contribution in [-0.4, -0.2) is 5.91 Å². The minimum atomic E-state index is -4.40. The van der Waals surface area contributed by atoms with Gasteiger partial charge in [-0.1, -0.05) is 33.8 Å². The van der Waals surface area contributed by atoms with E-state index in [-0.39, 0.29) is 22.9 Å². The minimum Gasteiger partial charge on any atom is -0.299 e. The van der Waals surface area contributed by atoms with Crippen molar-refractivity contribution in [2.75, 3.05) is 5.43 Å². The molecule has 1 rings (SSSR count). The number of hydrogen-bond acceptors (Lipinski definition) is 2. The van der Waals surface area contributed by atoms with Gasteiger partial charge in [-0.2, -0.15) is 13.2 Å². The third-order valence-electron chi connectivity index (χ3n) is 3.51. The van der Waals surface area contributed by atoms with Crippen molar-refractivity contribution in [3.8, 4) is 0 Å². The van der Waals surface area contributed by atoms with E-state index in [2.05, 4.69) is 10.9 Å². The molecule has 0 aromatic heterocycles. The molecule has 2 N–H and O–H groups in total. The number of hydrazine groups is 1. The zero-order chi connectivity index (χ0) is 16.3. The molecule has 118 valence electrons. The third-order valence-corrected chi connectivity index (χ3v) is 3.51. The SMILES string of the molecule is CC(CC(=O)NNc1cccc(C(F)(F)F)c1)C(C)(C)C. The predicted octanol–water partition coefficient (Wildman–Crippen LogP) is 4.22. The average Bonchev–Trinajstić information content (AvgIpc) is 2.34. The Morgan fingerprint density at radius 2 is 1.86 bits per heavy atom. The van der Waals surface area contributed by atoms with Crippen LogP contribution in [0.1, 0.15) is 39.7 Å². The Labute approximate surface area is 122 Å². The molecular weight excluding hydrogens is 281 g/mol. The largest absolute Gasteiger partial charge is 0.416 e. The molecule has 0 saturated carbocycles. The van der Waals surface area contributed by atoms with E-state index in [0.717, 1.165) is 12.1 Å². The van der Waals surface area contributed by atoms with Gasteiger partial charge in [-0.05, 0) is 29.5 Å². The summed E-state index contributed by atoms with van der Waals surface area (Å²) in [6, 6.07) is 4.68. The topological polar surface area (TPSA) is 41.1 Å². The second kappa shape index (κ2) is 6.37. The molecule has 0 aliphatic carbocycles. The molecule has 1 aromatic carbocycles.